The molecule has 1 aliphatic heterocycles. The maximum Gasteiger partial charge on any atom is 0.241 e. The normalized spacial score (nSPS) is 16.4. The Hall–Kier alpha value is -2.38. The van der Waals surface area contributed by atoms with E-state index in [1.165, 1.54) is 0 Å². The van der Waals surface area contributed by atoms with Crippen LogP contribution in [0.2, 0.25) is 0 Å². The smallest absolute Gasteiger partial charge is 0.241 e. The number of carbonyl (C=O) groups excluding carboxylic acids is 2. The first-order valence-electron chi connectivity index (χ1n) is 9.41. The van der Waals surface area contributed by atoms with Gasteiger partial charge in [0.1, 0.15) is 5.75 Å². The zero-order chi connectivity index (χ0) is 19.6. The van der Waals surface area contributed by atoms with E-state index < -0.39 is 0 Å². The number of carbonyl (C=O) groups is 2. The SMILES string of the molecule is C=CCNC(=O)CN1CCN(C(C)C(=O)Nc2ccccc2OCC)CC1. The van der Waals surface area contributed by atoms with Crippen LogP contribution in [-0.4, -0.2) is 73.5 Å². The lowest BCUT2D eigenvalue weighted by atomic mass is 10.2. The number of para-hydroxylation sites is 2. The summed E-state index contributed by atoms with van der Waals surface area (Å²) in [7, 11) is 0. The molecule has 27 heavy (non-hydrogen) atoms. The van der Waals surface area contributed by atoms with Crippen molar-refractivity contribution in [2.45, 2.75) is 19.9 Å². The molecule has 0 spiro atoms. The summed E-state index contributed by atoms with van der Waals surface area (Å²) in [6, 6.07) is 7.19. The van der Waals surface area contributed by atoms with E-state index in [9.17, 15) is 9.59 Å². The lowest BCUT2D eigenvalue weighted by Crippen LogP contribution is -2.54. The zero-order valence-corrected chi connectivity index (χ0v) is 16.2. The molecule has 1 fully saturated rings. The molecule has 0 saturated carbocycles. The number of nitrogens with zero attached hydrogens (tertiary/aromatic N) is 2. The molecule has 2 rings (SSSR count). The number of anilines is 1. The average Bonchev–Trinajstić information content (AvgIpc) is 2.68. The van der Waals surface area contributed by atoms with Crippen molar-refractivity contribution in [3.8, 4) is 5.75 Å². The fourth-order valence-electron chi connectivity index (χ4n) is 3.01. The Morgan fingerprint density at radius 1 is 1.26 bits per heavy atom. The van der Waals surface area contributed by atoms with E-state index in [0.29, 0.717) is 31.1 Å². The average molecular weight is 374 g/mol. The standard InChI is InChI=1S/C20H30N4O3/c1-4-10-21-19(25)15-23-11-13-24(14-12-23)16(3)20(26)22-17-8-6-7-9-18(17)27-5-2/h4,6-9,16H,1,5,10-15H2,2-3H3,(H,21,25)(H,22,26). The molecule has 7 nitrogen and oxygen atoms in total. The van der Waals surface area contributed by atoms with Gasteiger partial charge in [0.05, 0.1) is 24.9 Å². The summed E-state index contributed by atoms with van der Waals surface area (Å²) < 4.78 is 5.56. The predicted octanol–water partition coefficient (Wildman–Crippen LogP) is 1.33. The van der Waals surface area contributed by atoms with E-state index >= 15 is 0 Å². The number of benzene rings is 1. The second kappa shape index (κ2) is 10.7. The minimum Gasteiger partial charge on any atom is -0.492 e. The highest BCUT2D eigenvalue weighted by atomic mass is 16.5. The number of amides is 2. The third kappa shape index (κ3) is 6.37. The molecule has 2 amide bonds. The molecule has 148 valence electrons. The van der Waals surface area contributed by atoms with Gasteiger partial charge < -0.3 is 15.4 Å². The van der Waals surface area contributed by atoms with Crippen molar-refractivity contribution in [2.75, 3.05) is 51.2 Å². The topological polar surface area (TPSA) is 73.9 Å². The van der Waals surface area contributed by atoms with Crippen molar-refractivity contribution in [3.63, 3.8) is 0 Å². The van der Waals surface area contributed by atoms with Crippen LogP contribution in [-0.2, 0) is 9.59 Å². The Morgan fingerprint density at radius 2 is 1.96 bits per heavy atom. The first-order valence-corrected chi connectivity index (χ1v) is 9.41. The minimum absolute atomic E-state index is 0.00155. The van der Waals surface area contributed by atoms with Crippen LogP contribution in [0, 0.1) is 0 Å². The lowest BCUT2D eigenvalue weighted by molar-refractivity contribution is -0.124. The van der Waals surface area contributed by atoms with E-state index in [-0.39, 0.29) is 17.9 Å². The molecule has 1 saturated heterocycles. The van der Waals surface area contributed by atoms with Crippen LogP contribution in [0.3, 0.4) is 0 Å². The first kappa shape index (κ1) is 20.9. The Balaban J connectivity index is 1.83. The van der Waals surface area contributed by atoms with Gasteiger partial charge in [0.15, 0.2) is 0 Å². The molecule has 0 aliphatic carbocycles. The molecule has 1 heterocycles. The van der Waals surface area contributed by atoms with Gasteiger partial charge in [0, 0.05) is 32.7 Å². The Kier molecular flexibility index (Phi) is 8.29. The van der Waals surface area contributed by atoms with Crippen LogP contribution in [0.25, 0.3) is 0 Å². The number of piperazine rings is 1. The van der Waals surface area contributed by atoms with E-state index in [2.05, 4.69) is 27.0 Å². The molecular formula is C20H30N4O3. The van der Waals surface area contributed by atoms with Crippen molar-refractivity contribution in [1.29, 1.82) is 0 Å². The van der Waals surface area contributed by atoms with Gasteiger partial charge in [-0.3, -0.25) is 19.4 Å². The van der Waals surface area contributed by atoms with Gasteiger partial charge in [0.2, 0.25) is 11.8 Å². The molecule has 0 aromatic heterocycles. The highest BCUT2D eigenvalue weighted by Gasteiger charge is 2.26. The van der Waals surface area contributed by atoms with Gasteiger partial charge in [-0.15, -0.1) is 6.58 Å². The van der Waals surface area contributed by atoms with Crippen molar-refractivity contribution < 1.29 is 14.3 Å². The van der Waals surface area contributed by atoms with E-state index in [4.69, 9.17) is 4.74 Å². The maximum atomic E-state index is 12.7. The molecule has 1 aromatic carbocycles. The second-order valence-corrected chi connectivity index (χ2v) is 6.50. The van der Waals surface area contributed by atoms with Gasteiger partial charge >= 0.3 is 0 Å². The number of nitrogens with one attached hydrogen (secondary N) is 2. The summed E-state index contributed by atoms with van der Waals surface area (Å²) in [5, 5.41) is 5.75. The first-order chi connectivity index (χ1) is 13.0. The molecule has 2 N–H and O–H groups in total. The van der Waals surface area contributed by atoms with E-state index in [1.54, 1.807) is 6.08 Å². The fraction of sp³-hybridized carbons (Fsp3) is 0.500. The van der Waals surface area contributed by atoms with Gasteiger partial charge in [-0.05, 0) is 26.0 Å². The van der Waals surface area contributed by atoms with Crippen LogP contribution in [0.1, 0.15) is 13.8 Å². The molecule has 1 aromatic rings. The third-order valence-electron chi connectivity index (χ3n) is 4.59. The summed E-state index contributed by atoms with van der Waals surface area (Å²) in [6.07, 6.45) is 1.67. The third-order valence-corrected chi connectivity index (χ3v) is 4.59. The molecule has 7 heteroatoms. The summed E-state index contributed by atoms with van der Waals surface area (Å²) in [5.74, 6) is 0.622. The number of rotatable bonds is 9. The van der Waals surface area contributed by atoms with Crippen LogP contribution >= 0.6 is 0 Å². The summed E-state index contributed by atoms with van der Waals surface area (Å²) >= 11 is 0. The molecule has 1 atom stereocenters. The molecule has 1 aliphatic rings. The molecule has 0 radical (unpaired) electrons. The number of hydrogen-bond acceptors (Lipinski definition) is 5. The van der Waals surface area contributed by atoms with Gasteiger partial charge in [-0.25, -0.2) is 0 Å². The largest absolute Gasteiger partial charge is 0.492 e. The summed E-state index contributed by atoms with van der Waals surface area (Å²) in [6.45, 7) is 11.8. The highest BCUT2D eigenvalue weighted by molar-refractivity contribution is 5.95. The van der Waals surface area contributed by atoms with Crippen LogP contribution in [0.4, 0.5) is 5.69 Å². The monoisotopic (exact) mass is 374 g/mol. The number of ether oxygens (including phenoxy) is 1. The summed E-state index contributed by atoms with van der Waals surface area (Å²) in [4.78, 5) is 28.7. The second-order valence-electron chi connectivity index (χ2n) is 6.50. The van der Waals surface area contributed by atoms with Crippen LogP contribution in [0.15, 0.2) is 36.9 Å². The Morgan fingerprint density at radius 3 is 2.63 bits per heavy atom. The highest BCUT2D eigenvalue weighted by Crippen LogP contribution is 2.24. The molecule has 1 unspecified atom stereocenters. The van der Waals surface area contributed by atoms with Crippen LogP contribution < -0.4 is 15.4 Å². The van der Waals surface area contributed by atoms with E-state index in [1.807, 2.05) is 38.1 Å². The number of hydrogen-bond donors (Lipinski definition) is 2. The quantitative estimate of drug-likeness (QED) is 0.638. The molecule has 0 bridgehead atoms. The molecular weight excluding hydrogens is 344 g/mol. The lowest BCUT2D eigenvalue weighted by Gasteiger charge is -2.37. The van der Waals surface area contributed by atoms with Crippen molar-refractivity contribution in [3.05, 3.63) is 36.9 Å². The predicted molar refractivity (Wildman–Crippen MR) is 107 cm³/mol. The minimum atomic E-state index is -0.253. The van der Waals surface area contributed by atoms with Crippen molar-refractivity contribution in [1.82, 2.24) is 15.1 Å². The van der Waals surface area contributed by atoms with Gasteiger partial charge in [-0.2, -0.15) is 0 Å². The zero-order valence-electron chi connectivity index (χ0n) is 16.2. The van der Waals surface area contributed by atoms with E-state index in [0.717, 1.165) is 26.2 Å². The van der Waals surface area contributed by atoms with Crippen LogP contribution in [0.5, 0.6) is 5.75 Å². The Bertz CT molecular complexity index is 642. The summed E-state index contributed by atoms with van der Waals surface area (Å²) in [5.41, 5.74) is 0.689. The Labute approximate surface area is 161 Å². The van der Waals surface area contributed by atoms with Gasteiger partial charge in [0.25, 0.3) is 0 Å². The van der Waals surface area contributed by atoms with Crippen molar-refractivity contribution in [2.24, 2.45) is 0 Å². The fourth-order valence-corrected chi connectivity index (χ4v) is 3.01. The van der Waals surface area contributed by atoms with Crippen molar-refractivity contribution >= 4 is 17.5 Å². The van der Waals surface area contributed by atoms with Gasteiger partial charge in [-0.1, -0.05) is 18.2 Å². The maximum absolute atomic E-state index is 12.7.